The van der Waals surface area contributed by atoms with E-state index < -0.39 is 0 Å². The lowest BCUT2D eigenvalue weighted by Crippen LogP contribution is -2.21. The van der Waals surface area contributed by atoms with Gasteiger partial charge in [0.1, 0.15) is 0 Å². The van der Waals surface area contributed by atoms with Crippen LogP contribution < -0.4 is 5.32 Å². The van der Waals surface area contributed by atoms with Crippen molar-refractivity contribution in [3.05, 3.63) is 0 Å². The van der Waals surface area contributed by atoms with E-state index in [1.165, 1.54) is 0 Å². The highest BCUT2D eigenvalue weighted by atomic mass is 16.5. The molecule has 0 atom stereocenters. The van der Waals surface area contributed by atoms with Crippen molar-refractivity contribution in [1.29, 1.82) is 5.26 Å². The summed E-state index contributed by atoms with van der Waals surface area (Å²) in [5.41, 5.74) is 0. The van der Waals surface area contributed by atoms with E-state index in [2.05, 4.69) is 11.4 Å². The standard InChI is InChI=1S/C9H18N2O2/c1-12-8-9-13-7-6-11-5-3-2-4-10/h11H,2-3,5-9H2,1H3. The summed E-state index contributed by atoms with van der Waals surface area (Å²) in [4.78, 5) is 0. The van der Waals surface area contributed by atoms with Gasteiger partial charge in [-0.25, -0.2) is 0 Å². The van der Waals surface area contributed by atoms with Crippen LogP contribution in [0, 0.1) is 11.3 Å². The molecule has 0 radical (unpaired) electrons. The minimum Gasteiger partial charge on any atom is -0.382 e. The molecule has 0 aromatic heterocycles. The summed E-state index contributed by atoms with van der Waals surface area (Å²) in [6.07, 6.45) is 1.53. The molecular weight excluding hydrogens is 168 g/mol. The molecule has 0 spiro atoms. The van der Waals surface area contributed by atoms with Crippen LogP contribution >= 0.6 is 0 Å². The summed E-state index contributed by atoms with van der Waals surface area (Å²) in [6, 6.07) is 2.10. The molecule has 1 N–H and O–H groups in total. The van der Waals surface area contributed by atoms with E-state index in [9.17, 15) is 0 Å². The molecule has 0 amide bonds. The fourth-order valence-corrected chi connectivity index (χ4v) is 0.806. The van der Waals surface area contributed by atoms with Crippen LogP contribution in [-0.4, -0.2) is 40.0 Å². The smallest absolute Gasteiger partial charge is 0.0700 e. The Labute approximate surface area is 79.8 Å². The third-order valence-electron chi connectivity index (χ3n) is 1.50. The molecule has 76 valence electrons. The highest BCUT2D eigenvalue weighted by Gasteiger charge is 1.88. The number of nitriles is 1. The van der Waals surface area contributed by atoms with E-state index >= 15 is 0 Å². The van der Waals surface area contributed by atoms with Crippen molar-refractivity contribution < 1.29 is 9.47 Å². The van der Waals surface area contributed by atoms with Crippen LogP contribution in [-0.2, 0) is 9.47 Å². The number of ether oxygens (including phenoxy) is 2. The van der Waals surface area contributed by atoms with Gasteiger partial charge in [-0.3, -0.25) is 0 Å². The van der Waals surface area contributed by atoms with Crippen molar-refractivity contribution in [3.63, 3.8) is 0 Å². The summed E-state index contributed by atoms with van der Waals surface area (Å²) in [6.45, 7) is 3.73. The summed E-state index contributed by atoms with van der Waals surface area (Å²) >= 11 is 0. The Morgan fingerprint density at radius 1 is 1.23 bits per heavy atom. The second-order valence-corrected chi connectivity index (χ2v) is 2.62. The van der Waals surface area contributed by atoms with Gasteiger partial charge >= 0.3 is 0 Å². The van der Waals surface area contributed by atoms with E-state index in [4.69, 9.17) is 14.7 Å². The molecule has 0 aliphatic rings. The number of rotatable bonds is 9. The van der Waals surface area contributed by atoms with Gasteiger partial charge in [0.15, 0.2) is 0 Å². The van der Waals surface area contributed by atoms with Crippen molar-refractivity contribution in [3.8, 4) is 6.07 Å². The van der Waals surface area contributed by atoms with Crippen molar-refractivity contribution in [2.75, 3.05) is 40.0 Å². The highest BCUT2D eigenvalue weighted by Crippen LogP contribution is 1.82. The molecule has 0 unspecified atom stereocenters. The van der Waals surface area contributed by atoms with Gasteiger partial charge in [0.05, 0.1) is 25.9 Å². The normalized spacial score (nSPS) is 9.85. The van der Waals surface area contributed by atoms with E-state index in [0.717, 1.165) is 19.5 Å². The first-order valence-electron chi connectivity index (χ1n) is 4.56. The Bertz CT molecular complexity index is 134. The van der Waals surface area contributed by atoms with E-state index in [1.54, 1.807) is 7.11 Å². The first-order chi connectivity index (χ1) is 6.41. The Hall–Kier alpha value is -0.630. The number of nitrogens with zero attached hydrogens (tertiary/aromatic N) is 1. The zero-order valence-corrected chi connectivity index (χ0v) is 8.21. The van der Waals surface area contributed by atoms with Gasteiger partial charge in [-0.1, -0.05) is 0 Å². The SMILES string of the molecule is COCCOCCNCCCC#N. The molecule has 0 fully saturated rings. The zero-order valence-electron chi connectivity index (χ0n) is 8.21. The number of unbranched alkanes of at least 4 members (excludes halogenated alkanes) is 1. The Balaban J connectivity index is 2.80. The molecule has 0 aliphatic carbocycles. The first-order valence-corrected chi connectivity index (χ1v) is 4.56. The highest BCUT2D eigenvalue weighted by molar-refractivity contribution is 4.68. The van der Waals surface area contributed by atoms with Crippen molar-refractivity contribution in [1.82, 2.24) is 5.32 Å². The molecule has 0 aromatic carbocycles. The van der Waals surface area contributed by atoms with Gasteiger partial charge in [0, 0.05) is 20.1 Å². The fraction of sp³-hybridized carbons (Fsp3) is 0.889. The average molecular weight is 186 g/mol. The number of hydrogen-bond acceptors (Lipinski definition) is 4. The van der Waals surface area contributed by atoms with Gasteiger partial charge in [-0.15, -0.1) is 0 Å². The molecule has 0 saturated heterocycles. The minimum absolute atomic E-state index is 0.623. The van der Waals surface area contributed by atoms with Crippen LogP contribution in [0.15, 0.2) is 0 Å². The molecule has 0 rings (SSSR count). The summed E-state index contributed by atoms with van der Waals surface area (Å²) in [5.74, 6) is 0. The quantitative estimate of drug-likeness (QED) is 0.534. The van der Waals surface area contributed by atoms with Gasteiger partial charge in [-0.2, -0.15) is 5.26 Å². The lowest BCUT2D eigenvalue weighted by molar-refractivity contribution is 0.0720. The predicted octanol–water partition coefficient (Wildman–Crippen LogP) is 0.543. The van der Waals surface area contributed by atoms with Crippen LogP contribution in [0.4, 0.5) is 0 Å². The lowest BCUT2D eigenvalue weighted by atomic mass is 10.3. The van der Waals surface area contributed by atoms with Gasteiger partial charge in [0.2, 0.25) is 0 Å². The maximum atomic E-state index is 8.25. The first kappa shape index (κ1) is 12.4. The molecule has 0 aliphatic heterocycles. The Kier molecular flexibility index (Phi) is 10.8. The topological polar surface area (TPSA) is 54.3 Å². The lowest BCUT2D eigenvalue weighted by Gasteiger charge is -2.04. The van der Waals surface area contributed by atoms with Crippen LogP contribution in [0.1, 0.15) is 12.8 Å². The van der Waals surface area contributed by atoms with Crippen LogP contribution in [0.3, 0.4) is 0 Å². The third kappa shape index (κ3) is 11.4. The van der Waals surface area contributed by atoms with Crippen LogP contribution in [0.2, 0.25) is 0 Å². The average Bonchev–Trinajstić information content (AvgIpc) is 2.16. The monoisotopic (exact) mass is 186 g/mol. The summed E-state index contributed by atoms with van der Waals surface area (Å²) in [5, 5.41) is 11.4. The number of methoxy groups -OCH3 is 1. The van der Waals surface area contributed by atoms with Gasteiger partial charge < -0.3 is 14.8 Å². The second kappa shape index (κ2) is 11.4. The maximum absolute atomic E-state index is 8.25. The van der Waals surface area contributed by atoms with Gasteiger partial charge in [0.25, 0.3) is 0 Å². The van der Waals surface area contributed by atoms with E-state index in [-0.39, 0.29) is 0 Å². The summed E-state index contributed by atoms with van der Waals surface area (Å²) < 4.78 is 10.0. The van der Waals surface area contributed by atoms with E-state index in [0.29, 0.717) is 26.2 Å². The number of nitrogens with one attached hydrogen (secondary N) is 1. The second-order valence-electron chi connectivity index (χ2n) is 2.62. The van der Waals surface area contributed by atoms with E-state index in [1.807, 2.05) is 0 Å². The largest absolute Gasteiger partial charge is 0.382 e. The zero-order chi connectivity index (χ0) is 9.78. The maximum Gasteiger partial charge on any atom is 0.0700 e. The van der Waals surface area contributed by atoms with Crippen molar-refractivity contribution in [2.45, 2.75) is 12.8 Å². The van der Waals surface area contributed by atoms with Crippen LogP contribution in [0.5, 0.6) is 0 Å². The van der Waals surface area contributed by atoms with Crippen molar-refractivity contribution >= 4 is 0 Å². The van der Waals surface area contributed by atoms with Gasteiger partial charge in [-0.05, 0) is 13.0 Å². The molecule has 0 aromatic rings. The predicted molar refractivity (Wildman–Crippen MR) is 50.4 cm³/mol. The summed E-state index contributed by atoms with van der Waals surface area (Å²) in [7, 11) is 1.66. The minimum atomic E-state index is 0.623. The van der Waals surface area contributed by atoms with Crippen LogP contribution in [0.25, 0.3) is 0 Å². The molecule has 0 heterocycles. The molecular formula is C9H18N2O2. The molecule has 0 saturated carbocycles. The third-order valence-corrected chi connectivity index (χ3v) is 1.50. The molecule has 0 bridgehead atoms. The molecule has 13 heavy (non-hydrogen) atoms. The Morgan fingerprint density at radius 2 is 2.08 bits per heavy atom. The molecule has 4 heteroatoms. The fourth-order valence-electron chi connectivity index (χ4n) is 0.806. The molecule has 4 nitrogen and oxygen atoms in total. The Morgan fingerprint density at radius 3 is 2.77 bits per heavy atom. The number of hydrogen-bond donors (Lipinski definition) is 1. The van der Waals surface area contributed by atoms with Crippen molar-refractivity contribution in [2.24, 2.45) is 0 Å².